The molecule has 114 valence electrons. The molecule has 0 atom stereocenters. The van der Waals surface area contributed by atoms with Crippen LogP contribution in [0.3, 0.4) is 0 Å². The third kappa shape index (κ3) is 5.21. The van der Waals surface area contributed by atoms with Gasteiger partial charge in [0.2, 0.25) is 0 Å². The van der Waals surface area contributed by atoms with Crippen molar-refractivity contribution in [3.05, 3.63) is 11.6 Å². The molecular formula is C14H24N2O4. The first-order valence-corrected chi connectivity index (χ1v) is 7.15. The van der Waals surface area contributed by atoms with E-state index in [0.717, 1.165) is 12.8 Å². The van der Waals surface area contributed by atoms with Gasteiger partial charge in [0.05, 0.1) is 6.61 Å². The predicted molar refractivity (Wildman–Crippen MR) is 75.6 cm³/mol. The smallest absolute Gasteiger partial charge is 0.409 e. The first kappa shape index (κ1) is 16.5. The molecule has 0 bridgehead atoms. The summed E-state index contributed by atoms with van der Waals surface area (Å²) < 4.78 is 4.96. The average molecular weight is 284 g/mol. The third-order valence-corrected chi connectivity index (χ3v) is 3.43. The molecule has 1 amide bonds. The summed E-state index contributed by atoms with van der Waals surface area (Å²) in [5.41, 5.74) is 0.432. The molecule has 0 spiro atoms. The molecule has 0 unspecified atom stereocenters. The molecule has 1 rings (SSSR count). The van der Waals surface area contributed by atoms with Crippen LogP contribution in [0.15, 0.2) is 11.6 Å². The number of carboxylic acid groups (broad SMARTS) is 1. The number of hydrogen-bond donors (Lipinski definition) is 2. The number of nitrogens with zero attached hydrogens (tertiary/aromatic N) is 1. The molecule has 20 heavy (non-hydrogen) atoms. The first-order valence-electron chi connectivity index (χ1n) is 7.15. The minimum atomic E-state index is -0.855. The van der Waals surface area contributed by atoms with Crippen LogP contribution < -0.4 is 5.32 Å². The molecule has 0 aromatic carbocycles. The number of rotatable bonds is 6. The number of amides is 1. The minimum Gasteiger partial charge on any atom is -0.478 e. The molecule has 6 nitrogen and oxygen atoms in total. The average Bonchev–Trinajstić information content (AvgIpc) is 2.44. The lowest BCUT2D eigenvalue weighted by atomic mass is 10.1. The number of carboxylic acids is 1. The number of piperidine rings is 1. The van der Waals surface area contributed by atoms with Crippen LogP contribution in [0.2, 0.25) is 0 Å². The second kappa shape index (κ2) is 8.58. The van der Waals surface area contributed by atoms with E-state index in [1.807, 2.05) is 6.92 Å². The molecule has 1 aliphatic heterocycles. The lowest BCUT2D eigenvalue weighted by Gasteiger charge is -2.31. The van der Waals surface area contributed by atoms with Crippen LogP contribution in [0.5, 0.6) is 0 Å². The number of nitrogens with one attached hydrogen (secondary N) is 1. The van der Waals surface area contributed by atoms with Gasteiger partial charge in [0, 0.05) is 31.2 Å². The van der Waals surface area contributed by atoms with E-state index in [1.54, 1.807) is 17.9 Å². The van der Waals surface area contributed by atoms with E-state index >= 15 is 0 Å². The maximum Gasteiger partial charge on any atom is 0.409 e. The largest absolute Gasteiger partial charge is 0.478 e. The Morgan fingerprint density at radius 2 is 2.00 bits per heavy atom. The number of hydrogen-bond acceptors (Lipinski definition) is 4. The van der Waals surface area contributed by atoms with E-state index < -0.39 is 5.97 Å². The molecular weight excluding hydrogens is 260 g/mol. The lowest BCUT2D eigenvalue weighted by Crippen LogP contribution is -2.45. The Kier molecular flexibility index (Phi) is 7.08. The monoisotopic (exact) mass is 284 g/mol. The van der Waals surface area contributed by atoms with Crippen LogP contribution in [0.1, 0.15) is 33.1 Å². The Labute approximate surface area is 119 Å². The van der Waals surface area contributed by atoms with Gasteiger partial charge in [-0.3, -0.25) is 0 Å². The van der Waals surface area contributed by atoms with Crippen LogP contribution >= 0.6 is 0 Å². The molecule has 0 aromatic heterocycles. The molecule has 0 aromatic rings. The quantitative estimate of drug-likeness (QED) is 0.725. The maximum atomic E-state index is 11.5. The van der Waals surface area contributed by atoms with Gasteiger partial charge in [-0.1, -0.05) is 13.0 Å². The van der Waals surface area contributed by atoms with E-state index in [2.05, 4.69) is 5.32 Å². The normalized spacial score (nSPS) is 17.1. The van der Waals surface area contributed by atoms with E-state index in [0.29, 0.717) is 44.3 Å². The third-order valence-electron chi connectivity index (χ3n) is 3.43. The van der Waals surface area contributed by atoms with Crippen molar-refractivity contribution >= 4 is 12.1 Å². The summed E-state index contributed by atoms with van der Waals surface area (Å²) >= 11 is 0. The first-order chi connectivity index (χ1) is 9.58. The van der Waals surface area contributed by atoms with Crippen molar-refractivity contribution in [2.75, 3.05) is 26.2 Å². The van der Waals surface area contributed by atoms with Gasteiger partial charge in [-0.05, 0) is 26.2 Å². The van der Waals surface area contributed by atoms with Crippen molar-refractivity contribution in [1.82, 2.24) is 10.2 Å². The molecule has 1 heterocycles. The highest BCUT2D eigenvalue weighted by molar-refractivity contribution is 5.86. The van der Waals surface area contributed by atoms with Crippen molar-refractivity contribution in [3.63, 3.8) is 0 Å². The summed E-state index contributed by atoms with van der Waals surface area (Å²) in [7, 11) is 0. The molecule has 0 aliphatic carbocycles. The van der Waals surface area contributed by atoms with E-state index in [9.17, 15) is 9.59 Å². The van der Waals surface area contributed by atoms with Crippen LogP contribution in [-0.2, 0) is 9.53 Å². The minimum absolute atomic E-state index is 0.245. The molecule has 0 saturated carbocycles. The van der Waals surface area contributed by atoms with Crippen molar-refractivity contribution in [2.24, 2.45) is 0 Å². The zero-order chi connectivity index (χ0) is 15.0. The van der Waals surface area contributed by atoms with E-state index in [-0.39, 0.29) is 6.09 Å². The van der Waals surface area contributed by atoms with Crippen molar-refractivity contribution in [1.29, 1.82) is 0 Å². The van der Waals surface area contributed by atoms with Gasteiger partial charge in [-0.15, -0.1) is 0 Å². The van der Waals surface area contributed by atoms with Gasteiger partial charge in [0.15, 0.2) is 0 Å². The fraction of sp³-hybridized carbons (Fsp3) is 0.714. The summed E-state index contributed by atoms with van der Waals surface area (Å²) in [4.78, 5) is 24.1. The molecule has 1 saturated heterocycles. The zero-order valence-electron chi connectivity index (χ0n) is 12.2. The highest BCUT2D eigenvalue weighted by atomic mass is 16.6. The zero-order valence-corrected chi connectivity index (χ0v) is 12.2. The Morgan fingerprint density at radius 1 is 1.35 bits per heavy atom. The van der Waals surface area contributed by atoms with Crippen LogP contribution in [0.25, 0.3) is 0 Å². The number of carbonyl (C=O) groups excluding carboxylic acids is 1. The molecule has 6 heteroatoms. The van der Waals surface area contributed by atoms with Gasteiger partial charge in [0.1, 0.15) is 0 Å². The second-order valence-electron chi connectivity index (χ2n) is 4.76. The van der Waals surface area contributed by atoms with E-state index in [1.165, 1.54) is 0 Å². The van der Waals surface area contributed by atoms with Gasteiger partial charge < -0.3 is 20.1 Å². The Bertz CT molecular complexity index is 360. The maximum absolute atomic E-state index is 11.5. The Morgan fingerprint density at radius 3 is 2.50 bits per heavy atom. The van der Waals surface area contributed by atoms with Crippen LogP contribution in [0.4, 0.5) is 4.79 Å². The lowest BCUT2D eigenvalue weighted by molar-refractivity contribution is -0.132. The van der Waals surface area contributed by atoms with E-state index in [4.69, 9.17) is 9.84 Å². The fourth-order valence-corrected chi connectivity index (χ4v) is 2.21. The van der Waals surface area contributed by atoms with Gasteiger partial charge >= 0.3 is 12.1 Å². The standard InChI is InChI=1S/C14H24N2O4/c1-3-11(13(17)18)5-8-15-12-6-9-16(10-7-12)14(19)20-4-2/h5,12,15H,3-4,6-10H2,1-2H3,(H,17,18)/b11-5-. The molecule has 2 N–H and O–H groups in total. The van der Waals surface area contributed by atoms with Crippen molar-refractivity contribution in [2.45, 2.75) is 39.2 Å². The predicted octanol–water partition coefficient (Wildman–Crippen LogP) is 1.62. The number of ether oxygens (including phenoxy) is 1. The summed E-state index contributed by atoms with van der Waals surface area (Å²) in [6.07, 6.45) is 3.73. The highest BCUT2D eigenvalue weighted by Crippen LogP contribution is 2.11. The number of aliphatic carboxylic acids is 1. The van der Waals surface area contributed by atoms with Gasteiger partial charge in [-0.25, -0.2) is 9.59 Å². The Balaban J connectivity index is 2.29. The summed E-state index contributed by atoms with van der Waals surface area (Å²) in [6.45, 7) is 5.94. The highest BCUT2D eigenvalue weighted by Gasteiger charge is 2.22. The summed E-state index contributed by atoms with van der Waals surface area (Å²) in [5.74, 6) is -0.855. The van der Waals surface area contributed by atoms with Crippen LogP contribution in [0, 0.1) is 0 Å². The van der Waals surface area contributed by atoms with Gasteiger partial charge in [-0.2, -0.15) is 0 Å². The number of likely N-dealkylation sites (tertiary alicyclic amines) is 1. The molecule has 0 radical (unpaired) electrons. The molecule has 1 fully saturated rings. The van der Waals surface area contributed by atoms with Gasteiger partial charge in [0.25, 0.3) is 0 Å². The Hall–Kier alpha value is -1.56. The molecule has 1 aliphatic rings. The summed E-state index contributed by atoms with van der Waals surface area (Å²) in [5, 5.41) is 12.2. The topological polar surface area (TPSA) is 78.9 Å². The SMILES string of the molecule is CCOC(=O)N1CCC(NC/C=C(/CC)C(=O)O)CC1. The van der Waals surface area contributed by atoms with Crippen molar-refractivity contribution in [3.8, 4) is 0 Å². The van der Waals surface area contributed by atoms with Crippen molar-refractivity contribution < 1.29 is 19.4 Å². The fourth-order valence-electron chi connectivity index (χ4n) is 2.21. The summed E-state index contributed by atoms with van der Waals surface area (Å²) in [6, 6.07) is 0.323. The van der Waals surface area contributed by atoms with Crippen LogP contribution in [-0.4, -0.2) is 54.4 Å². The second-order valence-corrected chi connectivity index (χ2v) is 4.76. The number of carbonyl (C=O) groups is 2.